The number of nitrogens with one attached hydrogen (secondary N) is 9. The van der Waals surface area contributed by atoms with E-state index in [1.165, 1.54) is 49.5 Å². The predicted molar refractivity (Wildman–Crippen MR) is 319 cm³/mol. The van der Waals surface area contributed by atoms with Gasteiger partial charge in [-0.05, 0) is 79.8 Å². The minimum absolute atomic E-state index is 0.0331. The molecule has 1 saturated heterocycles. The molecule has 0 bridgehead atoms. The van der Waals surface area contributed by atoms with Crippen LogP contribution in [0.3, 0.4) is 0 Å². The molecule has 1 aliphatic heterocycles. The fraction of sp³-hybridized carbons (Fsp3) is 0.458. The lowest BCUT2D eigenvalue weighted by Gasteiger charge is -2.32. The number of aromatic hydroxyl groups is 1. The quantitative estimate of drug-likeness (QED) is 0.0130. The number of guanidine groups is 1. The lowest BCUT2D eigenvalue weighted by Crippen LogP contribution is -2.62. The number of carboxylic acids is 2. The van der Waals surface area contributed by atoms with Crippen molar-refractivity contribution in [3.05, 3.63) is 107 Å². The van der Waals surface area contributed by atoms with Gasteiger partial charge >= 0.3 is 11.9 Å². The highest BCUT2D eigenvalue weighted by molar-refractivity contribution is 6.05. The molecule has 2 aromatic carbocycles. The molecule has 9 atom stereocenters. The van der Waals surface area contributed by atoms with Gasteiger partial charge in [0.15, 0.2) is 5.96 Å². The number of hydrogen-bond donors (Lipinski definition) is 14. The molecule has 88 heavy (non-hydrogen) atoms. The van der Waals surface area contributed by atoms with Gasteiger partial charge in [-0.1, -0.05) is 70.5 Å². The van der Waals surface area contributed by atoms with Crippen molar-refractivity contribution < 1.29 is 76.3 Å². The molecule has 0 aliphatic carbocycles. The van der Waals surface area contributed by atoms with Crippen molar-refractivity contribution in [2.45, 2.75) is 148 Å². The molecule has 0 spiro atoms. The molecule has 29 heteroatoms. The summed E-state index contributed by atoms with van der Waals surface area (Å²) in [5.41, 5.74) is 11.5. The van der Waals surface area contributed by atoms with Crippen LogP contribution in [0.1, 0.15) is 114 Å². The number of aliphatic carboxylic acids is 2. The Kier molecular flexibility index (Phi) is 22.5. The number of phenols is 1. The van der Waals surface area contributed by atoms with E-state index in [0.29, 0.717) is 17.7 Å². The average Bonchev–Trinajstić information content (AvgIpc) is 1.47. The Morgan fingerprint density at radius 1 is 0.750 bits per heavy atom. The predicted octanol–water partition coefficient (Wildman–Crippen LogP) is -0.182. The third kappa shape index (κ3) is 20.9. The second kappa shape index (κ2) is 33.1. The summed E-state index contributed by atoms with van der Waals surface area (Å²) >= 11 is 0. The third-order valence-corrected chi connectivity index (χ3v) is 14.4. The third-order valence-electron chi connectivity index (χ3n) is 14.4. The van der Waals surface area contributed by atoms with Crippen molar-refractivity contribution in [3.8, 4) is 5.75 Å². The monoisotopic (exact) mass is 1230 g/mol. The number of rotatable bonds is 32. The van der Waals surface area contributed by atoms with Gasteiger partial charge in [0.05, 0.1) is 24.0 Å². The van der Waals surface area contributed by atoms with E-state index in [1.807, 2.05) is 5.32 Å². The Balaban J connectivity index is 1.49. The first-order chi connectivity index (χ1) is 44.2. The average molecular weight is 1230 g/mol. The lowest BCUT2D eigenvalue weighted by molar-refractivity contribution is -0.145. The number of amides is 9. The van der Waals surface area contributed by atoms with Gasteiger partial charge in [-0.3, -0.25) is 57.9 Å². The highest BCUT2D eigenvalue weighted by Crippen LogP contribution is 2.27. The second-order valence-electron chi connectivity index (χ2n) is 21.4. The minimum atomic E-state index is -3.31. The zero-order valence-electron chi connectivity index (χ0n) is 54.8. The van der Waals surface area contributed by atoms with Gasteiger partial charge in [0.2, 0.25) is 47.3 Å². The van der Waals surface area contributed by atoms with Crippen LogP contribution in [0, 0.1) is 18.7 Å². The molecule has 9 amide bonds. The molecule has 5 rings (SSSR count). The Morgan fingerprint density at radius 2 is 1.42 bits per heavy atom. The van der Waals surface area contributed by atoms with Gasteiger partial charge in [0.25, 0.3) is 5.91 Å². The number of aromatic nitrogens is 3. The summed E-state index contributed by atoms with van der Waals surface area (Å²) in [4.78, 5) is 167. The Morgan fingerprint density at radius 3 is 2.05 bits per heavy atom. The maximum Gasteiger partial charge on any atom is 0.326 e. The summed E-state index contributed by atoms with van der Waals surface area (Å²) in [5.74, 6) is -14.7. The van der Waals surface area contributed by atoms with Crippen molar-refractivity contribution in [2.75, 3.05) is 18.4 Å². The number of pyridine rings is 1. The van der Waals surface area contributed by atoms with E-state index in [4.69, 9.17) is 19.7 Å². The molecule has 474 valence electrons. The fourth-order valence-corrected chi connectivity index (χ4v) is 9.47. The van der Waals surface area contributed by atoms with Gasteiger partial charge in [0, 0.05) is 71.2 Å². The molecule has 4 aromatic rings. The zero-order chi connectivity index (χ0) is 69.8. The van der Waals surface area contributed by atoms with Crippen LogP contribution in [-0.4, -0.2) is 168 Å². The second-order valence-corrected chi connectivity index (χ2v) is 21.4. The number of likely N-dealkylation sites (tertiary alicyclic amines) is 1. The van der Waals surface area contributed by atoms with Crippen molar-refractivity contribution in [1.29, 1.82) is 0 Å². The molecule has 1 fully saturated rings. The standard InChI is InChI=1S/C59H79N15O14/c1-7-32(4)49(56(85)70-43(26-38-29-62-30-65-38)57(86)74-22-12-16-45(74)54(83)71-44(58(87)88)23-35-13-9-8-10-14-35)73-53(82)41(25-36-18-20-46(76)40(24-36)68-50(79)37-19-17-33(5)64-28-37)69-55(84)48(31(2)3)72-51(80)39(15-11-21-63-59(60)61)67-52(81)42(27-47(77)78)66-34(6)75/h8-10,13-14,17-20,24,28-32,39,41-45,48-49,76H,7,11-12,15-16,21-23,25-27H2,1-6H3,(H,62,65)(H,66,75)(H,67,81)(H,68,79)(H,69,84)(H,70,85)(H,71,83)(H,72,80)(H,73,82)(H,77,78)(H,87,88)(H4,60,61,63)/t32-,39-,41-,42-,43-,44-,45-,48-,49-/m0/s1/i5D3,6D3. The van der Waals surface area contributed by atoms with Gasteiger partial charge < -0.3 is 79.2 Å². The van der Waals surface area contributed by atoms with Crippen molar-refractivity contribution in [3.63, 3.8) is 0 Å². The fourth-order valence-electron chi connectivity index (χ4n) is 9.47. The highest BCUT2D eigenvalue weighted by atomic mass is 16.4. The lowest BCUT2D eigenvalue weighted by atomic mass is 9.96. The number of imidazole rings is 1. The molecule has 16 N–H and O–H groups in total. The first-order valence-electron chi connectivity index (χ1n) is 31.2. The van der Waals surface area contributed by atoms with E-state index in [2.05, 4.69) is 57.2 Å². The van der Waals surface area contributed by atoms with Crippen LogP contribution in [0.2, 0.25) is 0 Å². The molecule has 29 nitrogen and oxygen atoms in total. The normalized spacial score (nSPS) is 16.8. The van der Waals surface area contributed by atoms with Crippen molar-refractivity contribution in [2.24, 2.45) is 28.3 Å². The van der Waals surface area contributed by atoms with Crippen molar-refractivity contribution in [1.82, 2.24) is 57.1 Å². The first-order valence-corrected chi connectivity index (χ1v) is 28.2. The van der Waals surface area contributed by atoms with Gasteiger partial charge in [-0.25, -0.2) is 9.78 Å². The van der Waals surface area contributed by atoms with E-state index in [-0.39, 0.29) is 80.1 Å². The van der Waals surface area contributed by atoms with E-state index >= 15 is 4.79 Å². The van der Waals surface area contributed by atoms with E-state index in [1.54, 1.807) is 44.2 Å². The van der Waals surface area contributed by atoms with E-state index < -0.39 is 158 Å². The molecule has 3 heterocycles. The number of aliphatic imine (C=N–C) groups is 1. The number of hydrogen-bond acceptors (Lipinski definition) is 15. The molecule has 0 unspecified atom stereocenters. The van der Waals surface area contributed by atoms with Gasteiger partial charge in [0.1, 0.15) is 54.1 Å². The number of aryl methyl sites for hydroxylation is 1. The zero-order valence-corrected chi connectivity index (χ0v) is 48.8. The van der Waals surface area contributed by atoms with Crippen molar-refractivity contribution >= 4 is 76.8 Å². The smallest absolute Gasteiger partial charge is 0.326 e. The number of aromatic amines is 1. The SMILES string of the molecule is [2H]C([2H])([2H])C(=O)N[C@@H](CC(=O)O)C(=O)N[C@@H](CCCN=C(N)N)C(=O)N[C@H](C(=O)N[C@@H](Cc1ccc(O)c(NC(=O)c2ccc(C([2H])([2H])[2H])nc2)c1)C(=O)N[C@H](C(=O)N[C@@H](Cc1cnc[nH]1)C(=O)N1CCC[C@H]1C(=O)N[C@@H](Cc1ccccc1)C(=O)O)[C@@H](C)CC)C(C)C. The van der Waals surface area contributed by atoms with Crippen LogP contribution >= 0.6 is 0 Å². The minimum Gasteiger partial charge on any atom is -0.506 e. The number of phenolic OH excluding ortho intramolecular Hbond substituents is 1. The van der Waals surface area contributed by atoms with Crippen LogP contribution in [0.4, 0.5) is 5.69 Å². The summed E-state index contributed by atoms with van der Waals surface area (Å²) in [6, 6.07) is 2.19. The van der Waals surface area contributed by atoms with Crippen LogP contribution in [0.25, 0.3) is 0 Å². The number of benzene rings is 2. The summed E-state index contributed by atoms with van der Waals surface area (Å²) in [5, 5.41) is 50.4. The van der Waals surface area contributed by atoms with Crippen LogP contribution in [0.15, 0.2) is 84.4 Å². The Hall–Kier alpha value is -9.96. The van der Waals surface area contributed by atoms with Crippen LogP contribution in [-0.2, 0) is 67.2 Å². The number of carbonyl (C=O) groups is 11. The van der Waals surface area contributed by atoms with Gasteiger partial charge in [-0.15, -0.1) is 0 Å². The molecule has 1 aliphatic rings. The maximum absolute atomic E-state index is 15.1. The maximum atomic E-state index is 15.1. The largest absolute Gasteiger partial charge is 0.506 e. The number of H-pyrrole nitrogens is 1. The summed E-state index contributed by atoms with van der Waals surface area (Å²) in [6.07, 6.45) is 2.24. The number of carboxylic acid groups (broad SMARTS) is 2. The number of nitrogens with two attached hydrogens (primary N) is 2. The summed E-state index contributed by atoms with van der Waals surface area (Å²) in [7, 11) is 0. The first kappa shape index (κ1) is 59.8. The number of carbonyl (C=O) groups excluding carboxylic acids is 9. The Bertz CT molecular complexity index is 3370. The van der Waals surface area contributed by atoms with Gasteiger partial charge in [-0.2, -0.15) is 0 Å². The molecule has 0 saturated carbocycles. The molecular formula is C59H79N15O14. The summed E-state index contributed by atoms with van der Waals surface area (Å²) in [6.45, 7) is 0.353. The van der Waals surface area contributed by atoms with E-state index in [9.17, 15) is 63.3 Å². The number of nitrogens with zero attached hydrogens (tertiary/aromatic N) is 4. The Labute approximate surface area is 516 Å². The van der Waals surface area contributed by atoms with Crippen LogP contribution < -0.4 is 54.0 Å². The summed E-state index contributed by atoms with van der Waals surface area (Å²) < 4.78 is 45.1. The molecule has 0 radical (unpaired) electrons. The molecule has 2 aromatic heterocycles. The van der Waals surface area contributed by atoms with Crippen LogP contribution in [0.5, 0.6) is 5.75 Å². The van der Waals surface area contributed by atoms with E-state index in [0.717, 1.165) is 18.3 Å². The number of anilines is 1. The topological polar surface area (TPSA) is 454 Å². The molecular weight excluding hydrogens is 1140 g/mol. The highest BCUT2D eigenvalue weighted by Gasteiger charge is 2.41.